The van der Waals surface area contributed by atoms with Crippen LogP contribution in [0.1, 0.15) is 44.6 Å². The van der Waals surface area contributed by atoms with Crippen molar-refractivity contribution in [1.29, 1.82) is 0 Å². The van der Waals surface area contributed by atoms with E-state index in [1.165, 1.54) is 0 Å². The summed E-state index contributed by atoms with van der Waals surface area (Å²) in [4.78, 5) is 12.0. The fraction of sp³-hybridized carbons (Fsp3) is 0.533. The molecule has 0 unspecified atom stereocenters. The Morgan fingerprint density at radius 1 is 1.24 bits per heavy atom. The SMILES string of the molecule is C[C@@H]1C(=O)Nc2ccc(S(=O)(=O)N3CCCC[C@H]3C)cc21. The Balaban J connectivity index is 1.99. The minimum Gasteiger partial charge on any atom is -0.325 e. The van der Waals surface area contributed by atoms with Crippen molar-refractivity contribution in [1.82, 2.24) is 4.31 Å². The summed E-state index contributed by atoms with van der Waals surface area (Å²) >= 11 is 0. The van der Waals surface area contributed by atoms with Crippen molar-refractivity contribution in [3.8, 4) is 0 Å². The maximum absolute atomic E-state index is 12.8. The Bertz CT molecular complexity index is 684. The van der Waals surface area contributed by atoms with E-state index in [1.807, 2.05) is 6.92 Å². The highest BCUT2D eigenvalue weighted by molar-refractivity contribution is 7.89. The number of nitrogens with one attached hydrogen (secondary N) is 1. The summed E-state index contributed by atoms with van der Waals surface area (Å²) in [6, 6.07) is 4.97. The third-order valence-corrected chi connectivity index (χ3v) is 6.50. The molecule has 1 N–H and O–H groups in total. The van der Waals surface area contributed by atoms with Crippen LogP contribution in [-0.2, 0) is 14.8 Å². The van der Waals surface area contributed by atoms with Crippen LogP contribution in [0.15, 0.2) is 23.1 Å². The summed E-state index contributed by atoms with van der Waals surface area (Å²) in [5, 5.41) is 2.77. The van der Waals surface area contributed by atoms with E-state index in [0.29, 0.717) is 11.4 Å². The van der Waals surface area contributed by atoms with Gasteiger partial charge in [0.15, 0.2) is 0 Å². The zero-order chi connectivity index (χ0) is 15.2. The molecule has 2 aliphatic rings. The molecule has 1 aromatic rings. The molecule has 2 heterocycles. The van der Waals surface area contributed by atoms with E-state index >= 15 is 0 Å². The monoisotopic (exact) mass is 308 g/mol. The third-order valence-electron chi connectivity index (χ3n) is 4.49. The van der Waals surface area contributed by atoms with Crippen LogP contribution in [0.3, 0.4) is 0 Å². The second-order valence-corrected chi connectivity index (χ2v) is 7.81. The average molecular weight is 308 g/mol. The van der Waals surface area contributed by atoms with Crippen LogP contribution >= 0.6 is 0 Å². The van der Waals surface area contributed by atoms with Crippen molar-refractivity contribution < 1.29 is 13.2 Å². The molecule has 0 saturated carbocycles. The molecule has 0 aliphatic carbocycles. The van der Waals surface area contributed by atoms with E-state index < -0.39 is 10.0 Å². The number of carbonyl (C=O) groups excluding carboxylic acids is 1. The van der Waals surface area contributed by atoms with E-state index in [0.717, 1.165) is 30.5 Å². The van der Waals surface area contributed by atoms with Gasteiger partial charge in [0.1, 0.15) is 0 Å². The Kier molecular flexibility index (Phi) is 3.53. The van der Waals surface area contributed by atoms with Gasteiger partial charge in [0.25, 0.3) is 0 Å². The summed E-state index contributed by atoms with van der Waals surface area (Å²) in [6.07, 6.45) is 2.89. The predicted octanol–water partition coefficient (Wildman–Crippen LogP) is 2.31. The molecule has 6 heteroatoms. The average Bonchev–Trinajstić information content (AvgIpc) is 2.74. The molecular formula is C15H20N2O3S. The summed E-state index contributed by atoms with van der Waals surface area (Å²) in [7, 11) is -3.48. The number of fused-ring (bicyclic) bond motifs is 1. The predicted molar refractivity (Wildman–Crippen MR) is 80.7 cm³/mol. The fourth-order valence-corrected chi connectivity index (χ4v) is 4.86. The van der Waals surface area contributed by atoms with E-state index in [1.54, 1.807) is 29.4 Å². The smallest absolute Gasteiger partial charge is 0.243 e. The number of sulfonamides is 1. The Hall–Kier alpha value is -1.40. The maximum Gasteiger partial charge on any atom is 0.243 e. The molecule has 0 aromatic heterocycles. The molecule has 1 saturated heterocycles. The van der Waals surface area contributed by atoms with Crippen molar-refractivity contribution in [3.05, 3.63) is 23.8 Å². The highest BCUT2D eigenvalue weighted by Gasteiger charge is 2.33. The molecule has 2 aliphatic heterocycles. The van der Waals surface area contributed by atoms with Gasteiger partial charge < -0.3 is 5.32 Å². The van der Waals surface area contributed by atoms with Crippen LogP contribution in [0.5, 0.6) is 0 Å². The number of carbonyl (C=O) groups is 1. The van der Waals surface area contributed by atoms with Crippen LogP contribution < -0.4 is 5.32 Å². The molecular weight excluding hydrogens is 288 g/mol. The Morgan fingerprint density at radius 3 is 2.71 bits per heavy atom. The van der Waals surface area contributed by atoms with Gasteiger partial charge >= 0.3 is 0 Å². The minimum absolute atomic E-state index is 0.0363. The highest BCUT2D eigenvalue weighted by Crippen LogP contribution is 2.35. The molecule has 5 nitrogen and oxygen atoms in total. The minimum atomic E-state index is -3.48. The Morgan fingerprint density at radius 2 is 2.00 bits per heavy atom. The summed E-state index contributed by atoms with van der Waals surface area (Å²) < 4.78 is 27.2. The molecule has 1 aromatic carbocycles. The van der Waals surface area contributed by atoms with E-state index in [2.05, 4.69) is 5.32 Å². The van der Waals surface area contributed by atoms with Crippen molar-refractivity contribution >= 4 is 21.6 Å². The van der Waals surface area contributed by atoms with E-state index in [9.17, 15) is 13.2 Å². The highest BCUT2D eigenvalue weighted by atomic mass is 32.2. The van der Waals surface area contributed by atoms with Gasteiger partial charge in [0.2, 0.25) is 15.9 Å². The lowest BCUT2D eigenvalue weighted by molar-refractivity contribution is -0.116. The summed E-state index contributed by atoms with van der Waals surface area (Å²) in [6.45, 7) is 4.33. The van der Waals surface area contributed by atoms with Gasteiger partial charge in [-0.1, -0.05) is 6.42 Å². The van der Waals surface area contributed by atoms with Gasteiger partial charge in [-0.25, -0.2) is 8.42 Å². The van der Waals surface area contributed by atoms with Crippen LogP contribution in [0.2, 0.25) is 0 Å². The van der Waals surface area contributed by atoms with Gasteiger partial charge in [-0.15, -0.1) is 0 Å². The number of amides is 1. The number of hydrogen-bond acceptors (Lipinski definition) is 3. The zero-order valence-electron chi connectivity index (χ0n) is 12.3. The zero-order valence-corrected chi connectivity index (χ0v) is 13.1. The quantitative estimate of drug-likeness (QED) is 0.911. The molecule has 1 fully saturated rings. The van der Waals surface area contributed by atoms with Crippen molar-refractivity contribution in [3.63, 3.8) is 0 Å². The largest absolute Gasteiger partial charge is 0.325 e. The number of hydrogen-bond donors (Lipinski definition) is 1. The second kappa shape index (κ2) is 5.10. The summed E-state index contributed by atoms with van der Waals surface area (Å²) in [5.74, 6) is -0.375. The third kappa shape index (κ3) is 2.36. The molecule has 0 bridgehead atoms. The molecule has 2 atom stereocenters. The summed E-state index contributed by atoms with van der Waals surface area (Å²) in [5.41, 5.74) is 1.49. The fourth-order valence-electron chi connectivity index (χ4n) is 3.12. The number of anilines is 1. The Labute approximate surface area is 125 Å². The first-order valence-corrected chi connectivity index (χ1v) is 8.82. The van der Waals surface area contributed by atoms with Crippen LogP contribution in [0.25, 0.3) is 0 Å². The lowest BCUT2D eigenvalue weighted by Gasteiger charge is -2.32. The van der Waals surface area contributed by atoms with Gasteiger partial charge in [0.05, 0.1) is 10.8 Å². The van der Waals surface area contributed by atoms with Crippen molar-refractivity contribution in [2.75, 3.05) is 11.9 Å². The second-order valence-electron chi connectivity index (χ2n) is 5.92. The lowest BCUT2D eigenvalue weighted by atomic mass is 10.0. The number of nitrogens with zero attached hydrogens (tertiary/aromatic N) is 1. The van der Waals surface area contributed by atoms with Crippen LogP contribution in [0.4, 0.5) is 5.69 Å². The van der Waals surface area contributed by atoms with Crippen molar-refractivity contribution in [2.24, 2.45) is 0 Å². The molecule has 0 spiro atoms. The van der Waals surface area contributed by atoms with Crippen molar-refractivity contribution in [2.45, 2.75) is 50.0 Å². The molecule has 114 valence electrons. The van der Waals surface area contributed by atoms with Gasteiger partial charge in [-0.05, 0) is 50.5 Å². The standard InChI is InChI=1S/C15H20N2O3S/c1-10-5-3-4-8-17(10)21(19,20)12-6-7-14-13(9-12)11(2)15(18)16-14/h6-7,9-11H,3-5,8H2,1-2H3,(H,16,18)/t10-,11+/m1/s1. The van der Waals surface area contributed by atoms with E-state index in [4.69, 9.17) is 0 Å². The van der Waals surface area contributed by atoms with Crippen LogP contribution in [0, 0.1) is 0 Å². The first-order valence-electron chi connectivity index (χ1n) is 7.38. The lowest BCUT2D eigenvalue weighted by Crippen LogP contribution is -2.41. The van der Waals surface area contributed by atoms with Gasteiger partial charge in [-0.2, -0.15) is 4.31 Å². The molecule has 0 radical (unpaired) electrons. The van der Waals surface area contributed by atoms with E-state index in [-0.39, 0.29) is 17.9 Å². The topological polar surface area (TPSA) is 66.5 Å². The molecule has 3 rings (SSSR count). The van der Waals surface area contributed by atoms with Crippen LogP contribution in [-0.4, -0.2) is 31.2 Å². The normalized spacial score (nSPS) is 26.5. The van der Waals surface area contributed by atoms with Gasteiger partial charge in [0, 0.05) is 18.3 Å². The number of piperidine rings is 1. The first kappa shape index (κ1) is 14.5. The molecule has 1 amide bonds. The van der Waals surface area contributed by atoms with Gasteiger partial charge in [-0.3, -0.25) is 4.79 Å². The number of benzene rings is 1. The number of rotatable bonds is 2. The molecule has 21 heavy (non-hydrogen) atoms. The maximum atomic E-state index is 12.8. The first-order chi connectivity index (χ1) is 9.91.